The first kappa shape index (κ1) is 16.0. The van der Waals surface area contributed by atoms with Crippen LogP contribution in [0.1, 0.15) is 0 Å². The SMILES string of the molecule is CSc1ccc2c(ccc3cc4c(ccc5cc(SC)ccc54)cc32)c1. The fourth-order valence-corrected chi connectivity index (χ4v) is 4.73. The summed E-state index contributed by atoms with van der Waals surface area (Å²) in [5.41, 5.74) is 0. The van der Waals surface area contributed by atoms with Crippen LogP contribution in [0.4, 0.5) is 0 Å². The monoisotopic (exact) mass is 370 g/mol. The van der Waals surface area contributed by atoms with E-state index in [2.05, 4.69) is 85.3 Å². The highest BCUT2D eigenvalue weighted by Gasteiger charge is 2.07. The van der Waals surface area contributed by atoms with Crippen LogP contribution in [0.25, 0.3) is 43.1 Å². The average Bonchev–Trinajstić information content (AvgIpc) is 2.71. The van der Waals surface area contributed by atoms with Gasteiger partial charge in [-0.25, -0.2) is 0 Å². The molecule has 0 N–H and O–H groups in total. The molecule has 5 aromatic carbocycles. The van der Waals surface area contributed by atoms with E-state index >= 15 is 0 Å². The van der Waals surface area contributed by atoms with E-state index in [1.807, 2.05) is 0 Å². The lowest BCUT2D eigenvalue weighted by Gasteiger charge is -2.10. The van der Waals surface area contributed by atoms with Crippen LogP contribution in [-0.2, 0) is 0 Å². The van der Waals surface area contributed by atoms with E-state index in [9.17, 15) is 0 Å². The topological polar surface area (TPSA) is 0 Å². The average molecular weight is 371 g/mol. The minimum Gasteiger partial charge on any atom is -0.130 e. The van der Waals surface area contributed by atoms with Crippen molar-refractivity contribution in [1.82, 2.24) is 0 Å². The molecule has 0 bridgehead atoms. The first-order valence-corrected chi connectivity index (χ1v) is 11.1. The zero-order chi connectivity index (χ0) is 17.7. The third-order valence-corrected chi connectivity index (χ3v) is 6.66. The molecule has 126 valence electrons. The summed E-state index contributed by atoms with van der Waals surface area (Å²) in [5.74, 6) is 0. The highest BCUT2D eigenvalue weighted by Crippen LogP contribution is 2.35. The minimum absolute atomic E-state index is 1.31. The van der Waals surface area contributed by atoms with Crippen molar-refractivity contribution in [1.29, 1.82) is 0 Å². The fraction of sp³-hybridized carbons (Fsp3) is 0.0833. The van der Waals surface area contributed by atoms with Crippen LogP contribution in [-0.4, -0.2) is 12.5 Å². The Morgan fingerprint density at radius 2 is 0.808 bits per heavy atom. The molecule has 0 fully saturated rings. The van der Waals surface area contributed by atoms with Crippen molar-refractivity contribution in [3.05, 3.63) is 72.8 Å². The molecule has 0 aromatic heterocycles. The van der Waals surface area contributed by atoms with Crippen molar-refractivity contribution in [3.8, 4) is 0 Å². The smallest absolute Gasteiger partial charge is 0.00755 e. The zero-order valence-electron chi connectivity index (χ0n) is 14.7. The van der Waals surface area contributed by atoms with Gasteiger partial charge in [0.15, 0.2) is 0 Å². The predicted octanol–water partition coefficient (Wildman–Crippen LogP) is 7.74. The molecule has 0 aliphatic rings. The van der Waals surface area contributed by atoms with Crippen LogP contribution in [0.5, 0.6) is 0 Å². The number of thioether (sulfide) groups is 2. The lowest BCUT2D eigenvalue weighted by Crippen LogP contribution is -1.83. The number of fused-ring (bicyclic) bond motifs is 6. The molecule has 0 radical (unpaired) electrons. The molecule has 0 aliphatic carbocycles. The molecule has 5 aromatic rings. The summed E-state index contributed by atoms with van der Waals surface area (Å²) in [6.45, 7) is 0. The highest BCUT2D eigenvalue weighted by molar-refractivity contribution is 7.98. The summed E-state index contributed by atoms with van der Waals surface area (Å²) < 4.78 is 0. The van der Waals surface area contributed by atoms with Gasteiger partial charge in [-0.3, -0.25) is 0 Å². The maximum absolute atomic E-state index is 2.35. The Bertz CT molecular complexity index is 1200. The Balaban J connectivity index is 1.85. The normalized spacial score (nSPS) is 11.8. The molecular formula is C24H18S2. The molecule has 0 atom stereocenters. The van der Waals surface area contributed by atoms with Crippen LogP contribution < -0.4 is 0 Å². The molecule has 0 unspecified atom stereocenters. The summed E-state index contributed by atoms with van der Waals surface area (Å²) in [6, 6.07) is 27.3. The Kier molecular flexibility index (Phi) is 3.84. The summed E-state index contributed by atoms with van der Waals surface area (Å²) in [7, 11) is 0. The summed E-state index contributed by atoms with van der Waals surface area (Å²) in [6.07, 6.45) is 4.26. The lowest BCUT2D eigenvalue weighted by atomic mass is 9.95. The van der Waals surface area contributed by atoms with Gasteiger partial charge in [-0.1, -0.05) is 36.4 Å². The largest absolute Gasteiger partial charge is 0.130 e. The molecule has 0 heterocycles. The molecule has 2 heteroatoms. The van der Waals surface area contributed by atoms with Gasteiger partial charge in [-0.15, -0.1) is 23.5 Å². The molecule has 5 rings (SSSR count). The molecule has 26 heavy (non-hydrogen) atoms. The first-order valence-electron chi connectivity index (χ1n) is 8.68. The third kappa shape index (κ3) is 2.48. The maximum Gasteiger partial charge on any atom is 0.00755 e. The van der Waals surface area contributed by atoms with E-state index in [1.165, 1.54) is 52.9 Å². The Hall–Kier alpha value is -2.16. The van der Waals surface area contributed by atoms with E-state index in [4.69, 9.17) is 0 Å². The molecule has 0 aliphatic heterocycles. The summed E-state index contributed by atoms with van der Waals surface area (Å²) in [4.78, 5) is 2.63. The van der Waals surface area contributed by atoms with Gasteiger partial charge in [0.1, 0.15) is 0 Å². The Morgan fingerprint density at radius 1 is 0.423 bits per heavy atom. The summed E-state index contributed by atoms with van der Waals surface area (Å²) >= 11 is 3.59. The number of hydrogen-bond acceptors (Lipinski definition) is 2. The molecule has 0 nitrogen and oxygen atoms in total. The van der Waals surface area contributed by atoms with Crippen molar-refractivity contribution in [2.45, 2.75) is 9.79 Å². The van der Waals surface area contributed by atoms with Crippen LogP contribution in [0.3, 0.4) is 0 Å². The van der Waals surface area contributed by atoms with Crippen LogP contribution in [0, 0.1) is 0 Å². The second kappa shape index (κ2) is 6.22. The molecule has 0 saturated carbocycles. The lowest BCUT2D eigenvalue weighted by molar-refractivity contribution is 1.52. The highest BCUT2D eigenvalue weighted by atomic mass is 32.2. The van der Waals surface area contributed by atoms with Gasteiger partial charge < -0.3 is 0 Å². The fourth-order valence-electron chi connectivity index (χ4n) is 3.84. The van der Waals surface area contributed by atoms with Gasteiger partial charge in [0.05, 0.1) is 0 Å². The molecule has 0 saturated heterocycles. The van der Waals surface area contributed by atoms with Crippen molar-refractivity contribution in [2.24, 2.45) is 0 Å². The standard InChI is InChI=1S/C24H18S2/c1-25-19-7-9-21-15(11-19)3-5-17-14-24-18(13-23(17)21)6-4-16-12-20(26-2)8-10-22(16)24/h3-14H,1-2H3. The van der Waals surface area contributed by atoms with Crippen LogP contribution >= 0.6 is 23.5 Å². The minimum atomic E-state index is 1.31. The predicted molar refractivity (Wildman–Crippen MR) is 120 cm³/mol. The van der Waals surface area contributed by atoms with Gasteiger partial charge in [0.2, 0.25) is 0 Å². The second-order valence-corrected chi connectivity index (χ2v) is 8.36. The van der Waals surface area contributed by atoms with Crippen molar-refractivity contribution < 1.29 is 0 Å². The van der Waals surface area contributed by atoms with Gasteiger partial charge in [0, 0.05) is 9.79 Å². The Morgan fingerprint density at radius 3 is 1.19 bits per heavy atom. The van der Waals surface area contributed by atoms with Gasteiger partial charge in [-0.2, -0.15) is 0 Å². The molecule has 0 amide bonds. The zero-order valence-corrected chi connectivity index (χ0v) is 16.4. The van der Waals surface area contributed by atoms with Crippen LogP contribution in [0.2, 0.25) is 0 Å². The number of hydrogen-bond donors (Lipinski definition) is 0. The molecule has 0 spiro atoms. The third-order valence-electron chi connectivity index (χ3n) is 5.20. The van der Waals surface area contributed by atoms with Gasteiger partial charge in [-0.05, 0) is 92.0 Å². The Labute approximate surface area is 161 Å². The quantitative estimate of drug-likeness (QED) is 0.177. The van der Waals surface area contributed by atoms with Gasteiger partial charge >= 0.3 is 0 Å². The van der Waals surface area contributed by atoms with E-state index in [0.717, 1.165) is 0 Å². The van der Waals surface area contributed by atoms with E-state index in [-0.39, 0.29) is 0 Å². The number of rotatable bonds is 2. The van der Waals surface area contributed by atoms with Crippen molar-refractivity contribution >= 4 is 66.6 Å². The first-order chi connectivity index (χ1) is 12.8. The second-order valence-electron chi connectivity index (χ2n) is 6.60. The van der Waals surface area contributed by atoms with Gasteiger partial charge in [0.25, 0.3) is 0 Å². The maximum atomic E-state index is 2.35. The van der Waals surface area contributed by atoms with E-state index < -0.39 is 0 Å². The van der Waals surface area contributed by atoms with Crippen molar-refractivity contribution in [3.63, 3.8) is 0 Å². The van der Waals surface area contributed by atoms with E-state index in [1.54, 1.807) is 23.5 Å². The van der Waals surface area contributed by atoms with Crippen molar-refractivity contribution in [2.75, 3.05) is 12.5 Å². The van der Waals surface area contributed by atoms with E-state index in [0.29, 0.717) is 0 Å². The summed E-state index contributed by atoms with van der Waals surface area (Å²) in [5, 5.41) is 10.6. The number of benzene rings is 5. The molecular weight excluding hydrogens is 352 g/mol. The van der Waals surface area contributed by atoms with Crippen LogP contribution in [0.15, 0.2) is 82.6 Å².